The van der Waals surface area contributed by atoms with Gasteiger partial charge in [0.05, 0.1) is 20.0 Å². The third-order valence-corrected chi connectivity index (χ3v) is 11.0. The maximum Gasteiger partial charge on any atom is 0.508 e. The lowest BCUT2D eigenvalue weighted by Crippen LogP contribution is -2.70. The lowest BCUT2D eigenvalue weighted by atomic mass is 9.44. The van der Waals surface area contributed by atoms with Crippen LogP contribution in [-0.4, -0.2) is 78.1 Å². The zero-order chi connectivity index (χ0) is 28.6. The first-order chi connectivity index (χ1) is 18.1. The maximum absolute atomic E-state index is 17.4. The minimum atomic E-state index is -2.06. The van der Waals surface area contributed by atoms with Gasteiger partial charge in [-0.15, -0.1) is 0 Å². The van der Waals surface area contributed by atoms with Crippen LogP contribution in [0.25, 0.3) is 0 Å². The van der Waals surface area contributed by atoms with Gasteiger partial charge in [0, 0.05) is 22.9 Å². The van der Waals surface area contributed by atoms with Crippen LogP contribution in [0.1, 0.15) is 53.4 Å². The molecule has 0 spiro atoms. The van der Waals surface area contributed by atoms with Crippen LogP contribution in [-0.2, 0) is 33.1 Å². The monoisotopic (exact) mass is 568 g/mol. The van der Waals surface area contributed by atoms with E-state index >= 15 is 4.39 Å². The van der Waals surface area contributed by atoms with Crippen LogP contribution in [0.5, 0.6) is 0 Å². The first-order valence-electron chi connectivity index (χ1n) is 13.6. The number of alkyl halides is 1. The topological polar surface area (TPSA) is 125 Å². The zero-order valence-electron chi connectivity index (χ0n) is 23.1. The molecule has 0 aromatic rings. The van der Waals surface area contributed by atoms with E-state index in [9.17, 15) is 24.1 Å². The van der Waals surface area contributed by atoms with Crippen molar-refractivity contribution in [3.8, 4) is 0 Å². The molecule has 4 aliphatic carbocycles. The van der Waals surface area contributed by atoms with Gasteiger partial charge in [-0.05, 0) is 71.2 Å². The molecule has 3 saturated carbocycles. The van der Waals surface area contributed by atoms with Crippen molar-refractivity contribution in [3.63, 3.8) is 0 Å². The van der Waals surface area contributed by atoms with Crippen LogP contribution in [0.2, 0.25) is 0 Å². The molecule has 4 fully saturated rings. The first-order valence-corrected chi connectivity index (χ1v) is 15.7. The predicted octanol–water partition coefficient (Wildman–Crippen LogP) is 3.77. The molecule has 11 heteroatoms. The van der Waals surface area contributed by atoms with Gasteiger partial charge in [0.2, 0.25) is 5.78 Å². The molecule has 5 rings (SSSR count). The molecule has 0 aromatic heterocycles. The molecule has 0 radical (unpaired) electrons. The zero-order valence-corrected chi connectivity index (χ0v) is 24.1. The maximum atomic E-state index is 17.4. The number of aliphatic hydroxyl groups is 1. The molecular weight excluding hydrogens is 530 g/mol. The Morgan fingerprint density at radius 3 is 2.62 bits per heavy atom. The van der Waals surface area contributed by atoms with Crippen LogP contribution in [0.15, 0.2) is 23.8 Å². The van der Waals surface area contributed by atoms with Gasteiger partial charge >= 0.3 is 6.16 Å². The van der Waals surface area contributed by atoms with Gasteiger partial charge in [-0.3, -0.25) is 9.59 Å². The quantitative estimate of drug-likeness (QED) is 0.377. The molecule has 9 atom stereocenters. The Balaban J connectivity index is 1.46. The van der Waals surface area contributed by atoms with Gasteiger partial charge in [0.25, 0.3) is 0 Å². The van der Waals surface area contributed by atoms with Gasteiger partial charge in [0.15, 0.2) is 29.4 Å². The second-order valence-corrected chi connectivity index (χ2v) is 14.5. The molecule has 0 bridgehead atoms. The number of aliphatic hydroxyl groups excluding tert-OH is 1. The molecule has 5 aliphatic rings. The Bertz CT molecular complexity index is 1180. The smallest absolute Gasteiger partial charge is 0.434 e. The van der Waals surface area contributed by atoms with Crippen LogP contribution >= 0.6 is 7.80 Å². The second kappa shape index (κ2) is 9.33. The van der Waals surface area contributed by atoms with Crippen LogP contribution < -0.4 is 0 Å². The van der Waals surface area contributed by atoms with Crippen molar-refractivity contribution >= 4 is 25.5 Å². The Morgan fingerprint density at radius 2 is 1.92 bits per heavy atom. The molecule has 9 nitrogen and oxygen atoms in total. The van der Waals surface area contributed by atoms with E-state index in [0.717, 1.165) is 0 Å². The molecule has 0 amide bonds. The molecule has 1 heterocycles. The van der Waals surface area contributed by atoms with E-state index in [2.05, 4.69) is 0 Å². The van der Waals surface area contributed by atoms with Gasteiger partial charge < -0.3 is 28.6 Å². The number of ketones is 2. The molecule has 0 aromatic carbocycles. The van der Waals surface area contributed by atoms with Crippen molar-refractivity contribution in [2.45, 2.75) is 82.6 Å². The van der Waals surface area contributed by atoms with Crippen LogP contribution in [0.3, 0.4) is 0 Å². The Labute approximate surface area is 228 Å². The summed E-state index contributed by atoms with van der Waals surface area (Å²) in [5.41, 5.74) is -5.14. The van der Waals surface area contributed by atoms with E-state index in [1.54, 1.807) is 33.5 Å². The van der Waals surface area contributed by atoms with Crippen molar-refractivity contribution in [1.82, 2.24) is 0 Å². The third-order valence-electron chi connectivity index (χ3n) is 10.0. The molecule has 4 unspecified atom stereocenters. The summed E-state index contributed by atoms with van der Waals surface area (Å²) in [6, 6.07) is 0. The van der Waals surface area contributed by atoms with E-state index in [1.165, 1.54) is 12.2 Å². The first kappa shape index (κ1) is 28.7. The molecule has 1 saturated heterocycles. The van der Waals surface area contributed by atoms with E-state index in [0.29, 0.717) is 24.8 Å². The van der Waals surface area contributed by atoms with Crippen molar-refractivity contribution in [2.75, 3.05) is 26.0 Å². The molecule has 216 valence electrons. The standard InChI is InChI=1S/C28H38FO9P/c1-24(2)37-22-13-19-18-7-6-16-12-17(30)8-9-25(16,3)27(18,29)20(31)14-26(19,4)28(22,38-24)21(32)15-36-23(33)35-10-11-39(5)34/h8-9,12,18-20,22,31,39H,6-7,10-11,13-15H2,1-5H3/t18?,19?,20-,22+,25-,26-,27?,28+/m0/s1. The van der Waals surface area contributed by atoms with Gasteiger partial charge in [-0.2, -0.15) is 0 Å². The van der Waals surface area contributed by atoms with E-state index < -0.39 is 72.4 Å². The minimum absolute atomic E-state index is 0.0772. The number of allylic oxidation sites excluding steroid dienone is 4. The highest BCUT2D eigenvalue weighted by Crippen LogP contribution is 2.72. The van der Waals surface area contributed by atoms with Gasteiger partial charge in [0.1, 0.15) is 6.61 Å². The molecule has 1 N–H and O–H groups in total. The average Bonchev–Trinajstić information content (AvgIpc) is 3.24. The van der Waals surface area contributed by atoms with Gasteiger partial charge in [-0.1, -0.05) is 18.6 Å². The summed E-state index contributed by atoms with van der Waals surface area (Å²) in [5.74, 6) is -2.85. The highest BCUT2D eigenvalue weighted by atomic mass is 31.1. The fourth-order valence-corrected chi connectivity index (χ4v) is 8.75. The SMILES string of the molecule is C[PH](=O)CCOC(=O)OCC(=O)[C@@]12OC(C)(C)O[C@@H]1CC1C3CCC4=CC(=O)C=C[C@]4(C)C3(F)[C@@H](O)C[C@@]12C. The number of carbonyl (C=O) groups excluding carboxylic acids is 3. The van der Waals surface area contributed by atoms with Crippen molar-refractivity contribution in [1.29, 1.82) is 0 Å². The number of rotatable bonds is 6. The van der Waals surface area contributed by atoms with Crippen molar-refractivity contribution in [2.24, 2.45) is 22.7 Å². The summed E-state index contributed by atoms with van der Waals surface area (Å²) in [7, 11) is -1.82. The summed E-state index contributed by atoms with van der Waals surface area (Å²) < 4.78 is 51.4. The lowest BCUT2D eigenvalue weighted by molar-refractivity contribution is -0.246. The fourth-order valence-electron chi connectivity index (χ4n) is 8.36. The highest BCUT2D eigenvalue weighted by Gasteiger charge is 2.80. The Hall–Kier alpha value is -1.87. The number of halogens is 1. The van der Waals surface area contributed by atoms with E-state index in [4.69, 9.17) is 18.9 Å². The summed E-state index contributed by atoms with van der Waals surface area (Å²) in [4.78, 5) is 38.1. The number of hydrogen-bond acceptors (Lipinski definition) is 9. The Kier molecular flexibility index (Phi) is 6.85. The Morgan fingerprint density at radius 1 is 1.21 bits per heavy atom. The van der Waals surface area contributed by atoms with Crippen LogP contribution in [0.4, 0.5) is 9.18 Å². The van der Waals surface area contributed by atoms with E-state index in [-0.39, 0.29) is 30.9 Å². The summed E-state index contributed by atoms with van der Waals surface area (Å²) in [6.07, 6.45) is 2.58. The molecule has 39 heavy (non-hydrogen) atoms. The summed E-state index contributed by atoms with van der Waals surface area (Å²) in [5, 5.41) is 11.6. The van der Waals surface area contributed by atoms with Crippen LogP contribution in [0, 0.1) is 22.7 Å². The minimum Gasteiger partial charge on any atom is -0.434 e. The number of carbonyl (C=O) groups is 3. The van der Waals surface area contributed by atoms with Crippen molar-refractivity contribution in [3.05, 3.63) is 23.8 Å². The third kappa shape index (κ3) is 4.03. The number of hydrogen-bond donors (Lipinski definition) is 1. The normalized spacial score (nSPS) is 44.4. The summed E-state index contributed by atoms with van der Waals surface area (Å²) >= 11 is 0. The van der Waals surface area contributed by atoms with E-state index in [1.807, 2.05) is 6.92 Å². The number of ether oxygens (including phenoxy) is 4. The predicted molar refractivity (Wildman–Crippen MR) is 139 cm³/mol. The number of Topliss-reactive ketones (excluding diaryl/α,β-unsaturated/α-hetero) is 1. The molecule has 1 aliphatic heterocycles. The van der Waals surface area contributed by atoms with Gasteiger partial charge in [-0.25, -0.2) is 9.18 Å². The molecular formula is C28H38FO9P. The highest BCUT2D eigenvalue weighted by molar-refractivity contribution is 7.43. The average molecular weight is 569 g/mol. The number of fused-ring (bicyclic) bond motifs is 7. The summed E-state index contributed by atoms with van der Waals surface area (Å²) in [6.45, 7) is 7.80. The largest absolute Gasteiger partial charge is 0.508 e. The van der Waals surface area contributed by atoms with Crippen molar-refractivity contribution < 1.29 is 47.4 Å². The lowest BCUT2D eigenvalue weighted by Gasteiger charge is -2.62. The second-order valence-electron chi connectivity index (χ2n) is 12.6. The fraction of sp³-hybridized carbons (Fsp3) is 0.750.